The first kappa shape index (κ1) is 28.0. The van der Waals surface area contributed by atoms with E-state index in [2.05, 4.69) is 6.92 Å². The standard InChI is InChI=1S/C26H44F2O3/c1-8-9-10-11-12-13-14-23(17-22-15-16-24(27)25(28)18-22)26(29-19(2)3,30-20(4)5)31-21(6)7/h15-16,18-21,23H,8-14,17H2,1-7H3. The van der Waals surface area contributed by atoms with E-state index in [4.69, 9.17) is 14.2 Å². The van der Waals surface area contributed by atoms with E-state index in [9.17, 15) is 8.78 Å². The minimum Gasteiger partial charge on any atom is -0.324 e. The number of rotatable bonds is 16. The van der Waals surface area contributed by atoms with Crippen molar-refractivity contribution in [3.05, 3.63) is 35.4 Å². The maximum Gasteiger partial charge on any atom is 0.286 e. The van der Waals surface area contributed by atoms with E-state index < -0.39 is 17.6 Å². The molecule has 0 spiro atoms. The predicted molar refractivity (Wildman–Crippen MR) is 123 cm³/mol. The predicted octanol–water partition coefficient (Wildman–Crippen LogP) is 7.80. The van der Waals surface area contributed by atoms with E-state index >= 15 is 0 Å². The first-order valence-corrected chi connectivity index (χ1v) is 12.1. The lowest BCUT2D eigenvalue weighted by Gasteiger charge is -2.43. The lowest BCUT2D eigenvalue weighted by Crippen LogP contribution is -2.51. The summed E-state index contributed by atoms with van der Waals surface area (Å²) in [5.41, 5.74) is 0.714. The molecule has 0 heterocycles. The van der Waals surface area contributed by atoms with Gasteiger partial charge in [0, 0.05) is 5.92 Å². The Labute approximate surface area is 188 Å². The van der Waals surface area contributed by atoms with Crippen LogP contribution < -0.4 is 0 Å². The Balaban J connectivity index is 3.18. The molecule has 1 aromatic carbocycles. The minimum absolute atomic E-state index is 0.116. The highest BCUT2D eigenvalue weighted by Crippen LogP contribution is 2.36. The van der Waals surface area contributed by atoms with E-state index in [1.807, 2.05) is 41.5 Å². The van der Waals surface area contributed by atoms with Crippen molar-refractivity contribution in [1.29, 1.82) is 0 Å². The zero-order valence-corrected chi connectivity index (χ0v) is 20.7. The molecule has 0 aliphatic rings. The molecule has 1 rings (SSSR count). The Hall–Kier alpha value is -1.04. The molecule has 0 radical (unpaired) electrons. The number of benzene rings is 1. The van der Waals surface area contributed by atoms with Crippen LogP contribution in [0, 0.1) is 17.6 Å². The van der Waals surface area contributed by atoms with Crippen LogP contribution in [-0.4, -0.2) is 24.3 Å². The highest BCUT2D eigenvalue weighted by molar-refractivity contribution is 5.18. The third kappa shape index (κ3) is 10.4. The molecule has 1 aromatic rings. The highest BCUT2D eigenvalue weighted by Gasteiger charge is 2.45. The Morgan fingerprint density at radius 1 is 0.742 bits per heavy atom. The summed E-state index contributed by atoms with van der Waals surface area (Å²) in [5.74, 6) is -3.07. The van der Waals surface area contributed by atoms with E-state index in [0.717, 1.165) is 19.3 Å². The van der Waals surface area contributed by atoms with Crippen LogP contribution in [0.4, 0.5) is 8.78 Å². The molecule has 31 heavy (non-hydrogen) atoms. The molecule has 0 aliphatic heterocycles. The van der Waals surface area contributed by atoms with E-state index in [1.54, 1.807) is 6.07 Å². The van der Waals surface area contributed by atoms with Gasteiger partial charge in [0.15, 0.2) is 11.6 Å². The number of hydrogen-bond donors (Lipinski definition) is 0. The zero-order valence-electron chi connectivity index (χ0n) is 20.7. The Morgan fingerprint density at radius 2 is 1.26 bits per heavy atom. The SMILES string of the molecule is CCCCCCCCC(Cc1ccc(F)c(F)c1)C(OC(C)C)(OC(C)C)OC(C)C. The minimum atomic E-state index is -1.25. The molecule has 0 amide bonds. The third-order valence-electron chi connectivity index (χ3n) is 5.07. The smallest absolute Gasteiger partial charge is 0.286 e. The second kappa shape index (κ2) is 14.2. The lowest BCUT2D eigenvalue weighted by molar-refractivity contribution is -0.432. The van der Waals surface area contributed by atoms with Crippen molar-refractivity contribution in [2.24, 2.45) is 5.92 Å². The molecule has 0 aliphatic carbocycles. The quantitative estimate of drug-likeness (QED) is 0.193. The van der Waals surface area contributed by atoms with E-state index in [1.165, 1.54) is 37.8 Å². The third-order valence-corrected chi connectivity index (χ3v) is 5.07. The topological polar surface area (TPSA) is 27.7 Å². The van der Waals surface area contributed by atoms with Crippen LogP contribution in [0.5, 0.6) is 0 Å². The van der Waals surface area contributed by atoms with Crippen LogP contribution >= 0.6 is 0 Å². The van der Waals surface area contributed by atoms with Crippen molar-refractivity contribution in [3.8, 4) is 0 Å². The maximum atomic E-state index is 13.9. The highest BCUT2D eigenvalue weighted by atomic mass is 19.2. The van der Waals surface area contributed by atoms with Gasteiger partial charge in [0.1, 0.15) is 0 Å². The van der Waals surface area contributed by atoms with Crippen molar-refractivity contribution in [2.45, 2.75) is 124 Å². The van der Waals surface area contributed by atoms with Gasteiger partial charge in [-0.15, -0.1) is 0 Å². The number of unbranched alkanes of at least 4 members (excludes halogenated alkanes) is 5. The van der Waals surface area contributed by atoms with Crippen LogP contribution in [-0.2, 0) is 20.6 Å². The molecule has 3 nitrogen and oxygen atoms in total. The largest absolute Gasteiger partial charge is 0.324 e. The molecule has 1 atom stereocenters. The summed E-state index contributed by atoms with van der Waals surface area (Å²) in [5, 5.41) is 0. The Kier molecular flexibility index (Phi) is 12.8. The zero-order chi connectivity index (χ0) is 23.4. The second-order valence-electron chi connectivity index (χ2n) is 9.31. The van der Waals surface area contributed by atoms with Gasteiger partial charge in [0.2, 0.25) is 0 Å². The number of ether oxygens (including phenoxy) is 3. The molecular weight excluding hydrogens is 398 g/mol. The summed E-state index contributed by atoms with van der Waals surface area (Å²) in [7, 11) is 0. The van der Waals surface area contributed by atoms with Crippen LogP contribution in [0.25, 0.3) is 0 Å². The van der Waals surface area contributed by atoms with Gasteiger partial charge in [0.25, 0.3) is 5.97 Å². The van der Waals surface area contributed by atoms with Crippen molar-refractivity contribution in [3.63, 3.8) is 0 Å². The molecule has 0 bridgehead atoms. The first-order chi connectivity index (χ1) is 14.6. The van der Waals surface area contributed by atoms with Gasteiger partial charge in [-0.3, -0.25) is 0 Å². The number of hydrogen-bond acceptors (Lipinski definition) is 3. The Morgan fingerprint density at radius 3 is 1.74 bits per heavy atom. The van der Waals surface area contributed by atoms with Crippen LogP contribution in [0.15, 0.2) is 18.2 Å². The molecule has 0 aromatic heterocycles. The van der Waals surface area contributed by atoms with Gasteiger partial charge in [-0.1, -0.05) is 51.5 Å². The van der Waals surface area contributed by atoms with Gasteiger partial charge >= 0.3 is 0 Å². The number of halogens is 2. The summed E-state index contributed by atoms with van der Waals surface area (Å²) in [6, 6.07) is 4.09. The van der Waals surface area contributed by atoms with Crippen LogP contribution in [0.3, 0.4) is 0 Å². The van der Waals surface area contributed by atoms with Gasteiger partial charge < -0.3 is 14.2 Å². The molecule has 0 saturated carbocycles. The summed E-state index contributed by atoms with van der Waals surface area (Å²) >= 11 is 0. The Bertz CT molecular complexity index is 590. The first-order valence-electron chi connectivity index (χ1n) is 12.1. The summed E-state index contributed by atoms with van der Waals surface area (Å²) in [6.45, 7) is 14.0. The average Bonchev–Trinajstić information content (AvgIpc) is 2.64. The monoisotopic (exact) mass is 442 g/mol. The fraction of sp³-hybridized carbons (Fsp3) is 0.769. The van der Waals surface area contributed by atoms with Crippen LogP contribution in [0.2, 0.25) is 0 Å². The van der Waals surface area contributed by atoms with Gasteiger partial charge in [-0.2, -0.15) is 0 Å². The fourth-order valence-electron chi connectivity index (χ4n) is 3.88. The van der Waals surface area contributed by atoms with E-state index in [0.29, 0.717) is 12.0 Å². The molecule has 0 saturated heterocycles. The molecular formula is C26H44F2O3. The fourth-order valence-corrected chi connectivity index (χ4v) is 3.88. The van der Waals surface area contributed by atoms with Gasteiger partial charge in [-0.05, 0) is 72.1 Å². The average molecular weight is 443 g/mol. The van der Waals surface area contributed by atoms with Gasteiger partial charge in [-0.25, -0.2) is 8.78 Å². The van der Waals surface area contributed by atoms with Crippen molar-refractivity contribution < 1.29 is 23.0 Å². The normalized spacial score (nSPS) is 13.5. The summed E-state index contributed by atoms with van der Waals surface area (Å²) in [6.07, 6.45) is 7.98. The maximum absolute atomic E-state index is 13.9. The van der Waals surface area contributed by atoms with Crippen molar-refractivity contribution >= 4 is 0 Å². The molecule has 0 N–H and O–H groups in total. The van der Waals surface area contributed by atoms with Crippen molar-refractivity contribution in [2.75, 3.05) is 0 Å². The van der Waals surface area contributed by atoms with Crippen LogP contribution in [0.1, 0.15) is 99.0 Å². The summed E-state index contributed by atoms with van der Waals surface area (Å²) < 4.78 is 46.4. The molecule has 180 valence electrons. The molecule has 0 fully saturated rings. The lowest BCUT2D eigenvalue weighted by atomic mass is 9.90. The summed E-state index contributed by atoms with van der Waals surface area (Å²) in [4.78, 5) is 0. The van der Waals surface area contributed by atoms with Crippen molar-refractivity contribution in [1.82, 2.24) is 0 Å². The van der Waals surface area contributed by atoms with Gasteiger partial charge in [0.05, 0.1) is 18.3 Å². The second-order valence-corrected chi connectivity index (χ2v) is 9.31. The molecule has 1 unspecified atom stereocenters. The van der Waals surface area contributed by atoms with E-state index in [-0.39, 0.29) is 24.2 Å². The molecule has 5 heteroatoms.